The normalized spacial score (nSPS) is 11.5. The number of methoxy groups -OCH3 is 1. The molecule has 10 heteroatoms. The van der Waals surface area contributed by atoms with Crippen LogP contribution in [0.4, 0.5) is 5.69 Å². The van der Waals surface area contributed by atoms with Gasteiger partial charge in [-0.05, 0) is 64.4 Å². The number of sulfonamides is 1. The van der Waals surface area contributed by atoms with Gasteiger partial charge in [0.05, 0.1) is 30.8 Å². The summed E-state index contributed by atoms with van der Waals surface area (Å²) in [6.45, 7) is 0. The number of fused-ring (bicyclic) bond motifs is 1. The van der Waals surface area contributed by atoms with E-state index in [2.05, 4.69) is 14.7 Å². The van der Waals surface area contributed by atoms with Crippen molar-refractivity contribution in [3.05, 3.63) is 94.0 Å². The molecule has 5 rings (SSSR count). The first-order chi connectivity index (χ1) is 17.2. The topological polar surface area (TPSA) is 134 Å². The highest BCUT2D eigenvalue weighted by atomic mass is 32.2. The van der Waals surface area contributed by atoms with E-state index in [1.54, 1.807) is 43.7 Å². The number of furan rings is 1. The fraction of sp³-hybridized carbons (Fsp3) is 0.0769. The van der Waals surface area contributed by atoms with Crippen LogP contribution >= 0.6 is 0 Å². The molecule has 2 heterocycles. The Labute approximate surface area is 205 Å². The first-order valence-corrected chi connectivity index (χ1v) is 12.7. The average Bonchev–Trinajstić information content (AvgIpc) is 3.37. The van der Waals surface area contributed by atoms with Gasteiger partial charge in [0, 0.05) is 17.4 Å². The Morgan fingerprint density at radius 2 is 1.64 bits per heavy atom. The van der Waals surface area contributed by atoms with Crippen molar-refractivity contribution < 1.29 is 17.6 Å². The van der Waals surface area contributed by atoms with Crippen molar-refractivity contribution >= 4 is 26.5 Å². The Morgan fingerprint density at radius 1 is 0.889 bits per heavy atom. The molecular formula is C26H21N3O6S. The number of nitrogens with one attached hydrogen (secondary N) is 3. The Morgan fingerprint density at radius 3 is 2.33 bits per heavy atom. The number of anilines is 1. The highest BCUT2D eigenvalue weighted by molar-refractivity contribution is 7.92. The van der Waals surface area contributed by atoms with Gasteiger partial charge in [-0.25, -0.2) is 13.2 Å². The molecule has 0 amide bonds. The minimum Gasteiger partial charge on any atom is -0.495 e. The third-order valence-corrected chi connectivity index (χ3v) is 6.27. The second-order valence-corrected chi connectivity index (χ2v) is 9.97. The summed E-state index contributed by atoms with van der Waals surface area (Å²) in [6, 6.07) is 18.1. The van der Waals surface area contributed by atoms with Gasteiger partial charge in [-0.3, -0.25) is 14.5 Å². The minimum atomic E-state index is -3.40. The highest BCUT2D eigenvalue weighted by Gasteiger charge is 2.19. The third kappa shape index (κ3) is 4.53. The van der Waals surface area contributed by atoms with Crippen LogP contribution in [0.25, 0.3) is 44.3 Å². The summed E-state index contributed by atoms with van der Waals surface area (Å²) in [7, 11) is -1.84. The van der Waals surface area contributed by atoms with Crippen LogP contribution in [0.3, 0.4) is 0 Å². The Kier molecular flexibility index (Phi) is 5.73. The zero-order valence-electron chi connectivity index (χ0n) is 19.3. The summed E-state index contributed by atoms with van der Waals surface area (Å²) in [5.74, 6) is 1.09. The molecule has 182 valence electrons. The lowest BCUT2D eigenvalue weighted by molar-refractivity contribution is 0.416. The molecule has 3 aromatic carbocycles. The molecule has 0 aliphatic heterocycles. The zero-order valence-corrected chi connectivity index (χ0v) is 20.1. The van der Waals surface area contributed by atoms with E-state index in [1.807, 2.05) is 30.3 Å². The molecule has 9 nitrogen and oxygen atoms in total. The van der Waals surface area contributed by atoms with E-state index >= 15 is 0 Å². The van der Waals surface area contributed by atoms with Gasteiger partial charge in [0.2, 0.25) is 10.0 Å². The zero-order chi connectivity index (χ0) is 25.4. The summed E-state index contributed by atoms with van der Waals surface area (Å²) in [5.41, 5.74) is 2.33. The van der Waals surface area contributed by atoms with Crippen molar-refractivity contribution in [3.63, 3.8) is 0 Å². The van der Waals surface area contributed by atoms with Crippen LogP contribution < -0.4 is 20.7 Å². The number of hydrogen-bond acceptors (Lipinski definition) is 6. The van der Waals surface area contributed by atoms with E-state index in [0.717, 1.165) is 22.6 Å². The number of aromatic amines is 2. The largest absolute Gasteiger partial charge is 0.495 e. The maximum absolute atomic E-state index is 12.6. The maximum atomic E-state index is 12.6. The van der Waals surface area contributed by atoms with Gasteiger partial charge in [-0.2, -0.15) is 0 Å². The van der Waals surface area contributed by atoms with Crippen LogP contribution in [0.5, 0.6) is 5.75 Å². The fourth-order valence-corrected chi connectivity index (χ4v) is 4.70. The van der Waals surface area contributed by atoms with Gasteiger partial charge in [-0.15, -0.1) is 0 Å². The van der Waals surface area contributed by atoms with Crippen molar-refractivity contribution in [2.45, 2.75) is 0 Å². The number of benzene rings is 3. The number of H-pyrrole nitrogens is 2. The molecule has 0 aliphatic rings. The molecule has 0 atom stereocenters. The van der Waals surface area contributed by atoms with Gasteiger partial charge in [0.25, 0.3) is 5.56 Å². The van der Waals surface area contributed by atoms with E-state index in [-0.39, 0.29) is 5.56 Å². The van der Waals surface area contributed by atoms with Crippen molar-refractivity contribution in [1.82, 2.24) is 9.97 Å². The molecule has 0 spiro atoms. The van der Waals surface area contributed by atoms with Crippen LogP contribution in [0.2, 0.25) is 0 Å². The first-order valence-electron chi connectivity index (χ1n) is 10.8. The molecule has 0 unspecified atom stereocenters. The van der Waals surface area contributed by atoms with Crippen LogP contribution in [-0.4, -0.2) is 31.8 Å². The summed E-state index contributed by atoms with van der Waals surface area (Å²) < 4.78 is 37.1. The van der Waals surface area contributed by atoms with Gasteiger partial charge in [-0.1, -0.05) is 18.2 Å². The van der Waals surface area contributed by atoms with Crippen LogP contribution in [-0.2, 0) is 10.0 Å². The molecular weight excluding hydrogens is 482 g/mol. The second kappa shape index (κ2) is 8.90. The Balaban J connectivity index is 1.72. The highest BCUT2D eigenvalue weighted by Crippen LogP contribution is 2.42. The summed E-state index contributed by atoms with van der Waals surface area (Å²) in [4.78, 5) is 28.9. The van der Waals surface area contributed by atoms with Gasteiger partial charge < -0.3 is 14.1 Å². The summed E-state index contributed by atoms with van der Waals surface area (Å²) >= 11 is 0. The SMILES string of the molecule is COc1c(-c2ccc3cc(NS(C)(=O)=O)ccc3c2)cc(-c2c[nH]c(=O)[nH]c2=O)cc1-c1ccco1. The first kappa shape index (κ1) is 23.2. The minimum absolute atomic E-state index is 0.281. The van der Waals surface area contributed by atoms with E-state index in [9.17, 15) is 18.0 Å². The molecule has 0 fully saturated rings. The Bertz CT molecular complexity index is 1820. The van der Waals surface area contributed by atoms with E-state index in [0.29, 0.717) is 33.9 Å². The lowest BCUT2D eigenvalue weighted by Crippen LogP contribution is -2.22. The second-order valence-electron chi connectivity index (χ2n) is 8.22. The molecule has 3 N–H and O–H groups in total. The van der Waals surface area contributed by atoms with Crippen molar-refractivity contribution in [2.75, 3.05) is 18.1 Å². The molecule has 0 bridgehead atoms. The third-order valence-electron chi connectivity index (χ3n) is 5.66. The number of ether oxygens (including phenoxy) is 1. The average molecular weight is 504 g/mol. The van der Waals surface area contributed by atoms with Crippen LogP contribution in [0, 0.1) is 0 Å². The van der Waals surface area contributed by atoms with Crippen molar-refractivity contribution in [1.29, 1.82) is 0 Å². The predicted molar refractivity (Wildman–Crippen MR) is 139 cm³/mol. The lowest BCUT2D eigenvalue weighted by Gasteiger charge is -2.16. The van der Waals surface area contributed by atoms with E-state index in [4.69, 9.17) is 9.15 Å². The number of hydrogen-bond donors (Lipinski definition) is 3. The molecule has 5 aromatic rings. The summed E-state index contributed by atoms with van der Waals surface area (Å²) in [5, 5.41) is 1.71. The van der Waals surface area contributed by atoms with Crippen molar-refractivity contribution in [2.24, 2.45) is 0 Å². The van der Waals surface area contributed by atoms with E-state index in [1.165, 1.54) is 6.20 Å². The van der Waals surface area contributed by atoms with Crippen molar-refractivity contribution in [3.8, 4) is 39.3 Å². The van der Waals surface area contributed by atoms with E-state index < -0.39 is 21.3 Å². The maximum Gasteiger partial charge on any atom is 0.325 e. The summed E-state index contributed by atoms with van der Waals surface area (Å²) in [6.07, 6.45) is 4.02. The lowest BCUT2D eigenvalue weighted by atomic mass is 9.93. The number of aromatic nitrogens is 2. The molecule has 36 heavy (non-hydrogen) atoms. The van der Waals surface area contributed by atoms with Crippen LogP contribution in [0.15, 0.2) is 87.1 Å². The van der Waals surface area contributed by atoms with Gasteiger partial charge in [0.1, 0.15) is 11.5 Å². The van der Waals surface area contributed by atoms with Gasteiger partial charge in [0.15, 0.2) is 0 Å². The Hall–Kier alpha value is -4.57. The van der Waals surface area contributed by atoms with Gasteiger partial charge >= 0.3 is 5.69 Å². The smallest absolute Gasteiger partial charge is 0.325 e. The standard InChI is InChI=1S/C26H21N3O6S/c1-34-24-20(17-6-5-16-11-19(29-36(2,32)33)8-7-15(16)10-17)12-18(13-21(24)23-4-3-9-35-23)22-14-27-26(31)28-25(22)30/h3-14,29H,1-2H3,(H2,27,28,30,31). The molecule has 2 aromatic heterocycles. The fourth-order valence-electron chi connectivity index (χ4n) is 4.15. The van der Waals surface area contributed by atoms with Crippen LogP contribution in [0.1, 0.15) is 0 Å². The monoisotopic (exact) mass is 503 g/mol. The molecule has 0 aliphatic carbocycles. The number of rotatable bonds is 6. The quantitative estimate of drug-likeness (QED) is 0.318. The predicted octanol–water partition coefficient (Wildman–Crippen LogP) is 4.19. The molecule has 0 saturated heterocycles. The molecule has 0 saturated carbocycles. The molecule has 0 radical (unpaired) electrons.